The second kappa shape index (κ2) is 5.82. The lowest BCUT2D eigenvalue weighted by atomic mass is 9.86. The van der Waals surface area contributed by atoms with Gasteiger partial charge in [0.05, 0.1) is 0 Å². The van der Waals surface area contributed by atoms with E-state index in [1.165, 1.54) is 0 Å². The van der Waals surface area contributed by atoms with E-state index in [0.29, 0.717) is 0 Å². The van der Waals surface area contributed by atoms with Crippen molar-refractivity contribution in [3.8, 4) is 0 Å². The molecule has 1 saturated heterocycles. The number of piperazine rings is 1. The first-order valence-corrected chi connectivity index (χ1v) is 9.54. The molecule has 1 spiro atoms. The Hall–Kier alpha value is -0.710. The van der Waals surface area contributed by atoms with Gasteiger partial charge in [-0.05, 0) is 51.7 Å². The predicted octanol–water partition coefficient (Wildman–Crippen LogP) is 2.32. The summed E-state index contributed by atoms with van der Waals surface area (Å²) >= 11 is 1.93. The van der Waals surface area contributed by atoms with Gasteiger partial charge in [0.1, 0.15) is 11.6 Å². The Kier molecular flexibility index (Phi) is 4.21. The van der Waals surface area contributed by atoms with Crippen molar-refractivity contribution in [2.45, 2.75) is 81.2 Å². The van der Waals surface area contributed by atoms with Gasteiger partial charge in [-0.25, -0.2) is 0 Å². The van der Waals surface area contributed by atoms with Gasteiger partial charge in [0.2, 0.25) is 11.8 Å². The van der Waals surface area contributed by atoms with Crippen LogP contribution in [0.25, 0.3) is 0 Å². The molecule has 4 nitrogen and oxygen atoms in total. The largest absolute Gasteiger partial charge is 0.340 e. The van der Waals surface area contributed by atoms with E-state index in [9.17, 15) is 9.59 Å². The number of thioether (sulfide) groups is 1. The third-order valence-electron chi connectivity index (χ3n) is 5.63. The topological polar surface area (TPSA) is 49.4 Å². The van der Waals surface area contributed by atoms with E-state index in [2.05, 4.69) is 11.6 Å². The minimum atomic E-state index is -0.569. The van der Waals surface area contributed by atoms with Crippen molar-refractivity contribution < 1.29 is 9.59 Å². The standard InChI is InChI=1S/C16H26N2O2S/c1-11-14(19)17-16(9-3-4-10-16)15(20)18(11)12-5-7-13(21-2)8-6-12/h11-13H,3-10H2,1-2H3,(H,17,19). The van der Waals surface area contributed by atoms with Crippen LogP contribution < -0.4 is 5.32 Å². The van der Waals surface area contributed by atoms with Crippen LogP contribution in [0.4, 0.5) is 0 Å². The molecular formula is C16H26N2O2S. The van der Waals surface area contributed by atoms with E-state index in [0.717, 1.165) is 56.6 Å². The van der Waals surface area contributed by atoms with E-state index in [4.69, 9.17) is 0 Å². The van der Waals surface area contributed by atoms with Gasteiger partial charge >= 0.3 is 0 Å². The quantitative estimate of drug-likeness (QED) is 0.851. The number of amides is 2. The minimum Gasteiger partial charge on any atom is -0.340 e. The van der Waals surface area contributed by atoms with Gasteiger partial charge in [0.25, 0.3) is 0 Å². The van der Waals surface area contributed by atoms with Gasteiger partial charge < -0.3 is 10.2 Å². The van der Waals surface area contributed by atoms with Crippen molar-refractivity contribution in [3.05, 3.63) is 0 Å². The van der Waals surface area contributed by atoms with Crippen LogP contribution in [0.5, 0.6) is 0 Å². The fourth-order valence-electron chi connectivity index (χ4n) is 4.30. The Labute approximate surface area is 131 Å². The normalized spacial score (nSPS) is 36.1. The molecule has 3 aliphatic rings. The Morgan fingerprint density at radius 2 is 1.76 bits per heavy atom. The van der Waals surface area contributed by atoms with Crippen molar-refractivity contribution in [3.63, 3.8) is 0 Å². The van der Waals surface area contributed by atoms with Gasteiger partial charge in [-0.3, -0.25) is 9.59 Å². The number of carbonyl (C=O) groups is 2. The zero-order chi connectivity index (χ0) is 15.0. The summed E-state index contributed by atoms with van der Waals surface area (Å²) in [5, 5.41) is 3.77. The molecule has 1 unspecified atom stereocenters. The van der Waals surface area contributed by atoms with Crippen LogP contribution in [0.3, 0.4) is 0 Å². The van der Waals surface area contributed by atoms with E-state index in [1.807, 2.05) is 23.6 Å². The maximum atomic E-state index is 13.1. The van der Waals surface area contributed by atoms with E-state index < -0.39 is 5.54 Å². The molecule has 0 radical (unpaired) electrons. The molecule has 0 aromatic carbocycles. The first-order chi connectivity index (χ1) is 10.1. The smallest absolute Gasteiger partial charge is 0.249 e. The molecule has 1 aliphatic heterocycles. The molecule has 118 valence electrons. The molecule has 5 heteroatoms. The van der Waals surface area contributed by atoms with Crippen molar-refractivity contribution in [2.75, 3.05) is 6.26 Å². The van der Waals surface area contributed by atoms with E-state index >= 15 is 0 Å². The average Bonchev–Trinajstić information content (AvgIpc) is 2.96. The zero-order valence-corrected chi connectivity index (χ0v) is 13.9. The molecule has 2 amide bonds. The van der Waals surface area contributed by atoms with Crippen LogP contribution in [0, 0.1) is 0 Å². The summed E-state index contributed by atoms with van der Waals surface area (Å²) in [7, 11) is 0. The molecular weight excluding hydrogens is 284 g/mol. The summed E-state index contributed by atoms with van der Waals surface area (Å²) in [5.41, 5.74) is -0.569. The molecule has 1 N–H and O–H groups in total. The van der Waals surface area contributed by atoms with Crippen LogP contribution in [-0.4, -0.2) is 45.8 Å². The Morgan fingerprint density at radius 3 is 2.33 bits per heavy atom. The maximum absolute atomic E-state index is 13.1. The molecule has 0 bridgehead atoms. The SMILES string of the molecule is CSC1CCC(N2C(=O)C3(CCCC3)NC(=O)C2C)CC1. The highest BCUT2D eigenvalue weighted by molar-refractivity contribution is 7.99. The maximum Gasteiger partial charge on any atom is 0.249 e. The molecule has 1 heterocycles. The molecule has 0 aromatic rings. The summed E-state index contributed by atoms with van der Waals surface area (Å²) in [6.07, 6.45) is 10.3. The number of rotatable bonds is 2. The van der Waals surface area contributed by atoms with Crippen LogP contribution in [0.1, 0.15) is 58.3 Å². The van der Waals surface area contributed by atoms with Gasteiger partial charge in [-0.1, -0.05) is 12.8 Å². The van der Waals surface area contributed by atoms with Crippen molar-refractivity contribution >= 4 is 23.6 Å². The summed E-state index contributed by atoms with van der Waals surface area (Å²) in [4.78, 5) is 27.4. The Balaban J connectivity index is 1.78. The molecule has 1 atom stereocenters. The summed E-state index contributed by atoms with van der Waals surface area (Å²) in [5.74, 6) is 0.239. The first-order valence-electron chi connectivity index (χ1n) is 8.25. The molecule has 21 heavy (non-hydrogen) atoms. The summed E-state index contributed by atoms with van der Waals surface area (Å²) < 4.78 is 0. The highest BCUT2D eigenvalue weighted by Crippen LogP contribution is 2.38. The predicted molar refractivity (Wildman–Crippen MR) is 85.2 cm³/mol. The lowest BCUT2D eigenvalue weighted by Gasteiger charge is -2.48. The number of carbonyl (C=O) groups excluding carboxylic acids is 2. The highest BCUT2D eigenvalue weighted by Gasteiger charge is 2.52. The fourth-order valence-corrected chi connectivity index (χ4v) is 5.05. The number of hydrogen-bond donors (Lipinski definition) is 1. The van der Waals surface area contributed by atoms with E-state index in [-0.39, 0.29) is 23.9 Å². The second-order valence-corrected chi connectivity index (χ2v) is 7.97. The lowest BCUT2D eigenvalue weighted by Crippen LogP contribution is -2.70. The number of nitrogens with one attached hydrogen (secondary N) is 1. The fraction of sp³-hybridized carbons (Fsp3) is 0.875. The zero-order valence-electron chi connectivity index (χ0n) is 13.1. The monoisotopic (exact) mass is 310 g/mol. The van der Waals surface area contributed by atoms with Crippen LogP contribution in [0.15, 0.2) is 0 Å². The molecule has 2 saturated carbocycles. The Bertz CT molecular complexity index is 426. The second-order valence-electron chi connectivity index (χ2n) is 6.83. The first kappa shape index (κ1) is 15.2. The third kappa shape index (κ3) is 2.58. The average molecular weight is 310 g/mol. The highest BCUT2D eigenvalue weighted by atomic mass is 32.2. The van der Waals surface area contributed by atoms with Crippen molar-refractivity contribution in [1.29, 1.82) is 0 Å². The van der Waals surface area contributed by atoms with Gasteiger partial charge in [0.15, 0.2) is 0 Å². The lowest BCUT2D eigenvalue weighted by molar-refractivity contribution is -0.157. The van der Waals surface area contributed by atoms with Crippen molar-refractivity contribution in [1.82, 2.24) is 10.2 Å². The third-order valence-corrected chi connectivity index (χ3v) is 6.77. The number of hydrogen-bond acceptors (Lipinski definition) is 3. The van der Waals surface area contributed by atoms with Crippen molar-refractivity contribution in [2.24, 2.45) is 0 Å². The van der Waals surface area contributed by atoms with Crippen LogP contribution >= 0.6 is 11.8 Å². The molecule has 0 aromatic heterocycles. The van der Waals surface area contributed by atoms with Gasteiger partial charge in [-0.2, -0.15) is 11.8 Å². The molecule has 3 fully saturated rings. The van der Waals surface area contributed by atoms with E-state index in [1.54, 1.807) is 0 Å². The van der Waals surface area contributed by atoms with Gasteiger partial charge in [-0.15, -0.1) is 0 Å². The summed E-state index contributed by atoms with van der Waals surface area (Å²) in [6.45, 7) is 1.88. The molecule has 2 aliphatic carbocycles. The molecule has 3 rings (SSSR count). The van der Waals surface area contributed by atoms with Crippen LogP contribution in [-0.2, 0) is 9.59 Å². The number of nitrogens with zero attached hydrogens (tertiary/aromatic N) is 1. The summed E-state index contributed by atoms with van der Waals surface area (Å²) in [6, 6.07) is -0.0426. The van der Waals surface area contributed by atoms with Crippen LogP contribution in [0.2, 0.25) is 0 Å². The minimum absolute atomic E-state index is 0.0449. The Morgan fingerprint density at radius 1 is 1.14 bits per heavy atom. The van der Waals surface area contributed by atoms with Gasteiger partial charge in [0, 0.05) is 11.3 Å².